The summed E-state index contributed by atoms with van der Waals surface area (Å²) in [4.78, 5) is 13.8. The van der Waals surface area contributed by atoms with E-state index in [1.165, 1.54) is 0 Å². The minimum Gasteiger partial charge on any atom is -0.494 e. The molecule has 1 fully saturated rings. The number of cyclic esters (lactones) is 1. The fraction of sp³-hybridized carbons (Fsp3) is 0.316. The Balaban J connectivity index is 1.61. The van der Waals surface area contributed by atoms with Gasteiger partial charge in [-0.15, -0.1) is 0 Å². The monoisotopic (exact) mass is 311 g/mol. The Bertz CT molecular complexity index is 639. The van der Waals surface area contributed by atoms with Crippen molar-refractivity contribution in [1.29, 1.82) is 0 Å². The maximum absolute atomic E-state index is 12.0. The third-order valence-electron chi connectivity index (χ3n) is 3.83. The first kappa shape index (κ1) is 15.4. The Morgan fingerprint density at radius 2 is 1.87 bits per heavy atom. The van der Waals surface area contributed by atoms with E-state index in [2.05, 4.69) is 6.92 Å². The summed E-state index contributed by atoms with van der Waals surface area (Å²) in [5.41, 5.74) is 2.10. The van der Waals surface area contributed by atoms with Gasteiger partial charge in [0.15, 0.2) is 0 Å². The first-order chi connectivity index (χ1) is 11.3. The lowest BCUT2D eigenvalue weighted by atomic mass is 10.1. The van der Waals surface area contributed by atoms with Crippen LogP contribution in [0.15, 0.2) is 54.6 Å². The molecule has 0 bridgehead atoms. The largest absolute Gasteiger partial charge is 0.494 e. The standard InChI is InChI=1S/C19H21NO3/c1-2-12-22-17-10-8-15(9-11-17)13-20-14-18(23-19(20)21)16-6-4-3-5-7-16/h3-11,18H,2,12-14H2,1H3. The molecule has 1 saturated heterocycles. The molecule has 1 atom stereocenters. The van der Waals surface area contributed by atoms with Crippen molar-refractivity contribution >= 4 is 6.09 Å². The van der Waals surface area contributed by atoms with Crippen LogP contribution in [0.1, 0.15) is 30.6 Å². The summed E-state index contributed by atoms with van der Waals surface area (Å²) < 4.78 is 11.0. The third kappa shape index (κ3) is 3.83. The van der Waals surface area contributed by atoms with Gasteiger partial charge in [-0.2, -0.15) is 0 Å². The maximum Gasteiger partial charge on any atom is 0.410 e. The van der Waals surface area contributed by atoms with E-state index >= 15 is 0 Å². The smallest absolute Gasteiger partial charge is 0.410 e. The molecule has 0 aliphatic carbocycles. The third-order valence-corrected chi connectivity index (χ3v) is 3.83. The molecule has 1 aliphatic heterocycles. The van der Waals surface area contributed by atoms with Gasteiger partial charge in [-0.3, -0.25) is 4.90 Å². The van der Waals surface area contributed by atoms with E-state index in [0.29, 0.717) is 13.1 Å². The predicted octanol–water partition coefficient (Wildman–Crippen LogP) is 4.17. The first-order valence-corrected chi connectivity index (χ1v) is 7.98. The van der Waals surface area contributed by atoms with Crippen molar-refractivity contribution in [1.82, 2.24) is 4.90 Å². The molecule has 0 radical (unpaired) electrons. The Morgan fingerprint density at radius 1 is 1.13 bits per heavy atom. The van der Waals surface area contributed by atoms with E-state index in [1.807, 2.05) is 54.6 Å². The molecule has 1 heterocycles. The fourth-order valence-corrected chi connectivity index (χ4v) is 2.61. The number of carbonyl (C=O) groups is 1. The van der Waals surface area contributed by atoms with Crippen LogP contribution in [0.2, 0.25) is 0 Å². The zero-order chi connectivity index (χ0) is 16.1. The van der Waals surface area contributed by atoms with E-state index < -0.39 is 0 Å². The average Bonchev–Trinajstić information content (AvgIpc) is 2.96. The van der Waals surface area contributed by atoms with Crippen LogP contribution in [-0.2, 0) is 11.3 Å². The first-order valence-electron chi connectivity index (χ1n) is 7.98. The molecule has 0 N–H and O–H groups in total. The minimum atomic E-state index is -0.259. The van der Waals surface area contributed by atoms with Crippen LogP contribution in [0.3, 0.4) is 0 Å². The lowest BCUT2D eigenvalue weighted by molar-refractivity contribution is 0.132. The molecule has 4 nitrogen and oxygen atoms in total. The number of benzene rings is 2. The number of hydrogen-bond acceptors (Lipinski definition) is 3. The van der Waals surface area contributed by atoms with Gasteiger partial charge in [-0.05, 0) is 29.7 Å². The molecule has 1 amide bonds. The van der Waals surface area contributed by atoms with Crippen molar-refractivity contribution in [3.8, 4) is 5.75 Å². The number of nitrogens with zero attached hydrogens (tertiary/aromatic N) is 1. The summed E-state index contributed by atoms with van der Waals surface area (Å²) >= 11 is 0. The number of ether oxygens (including phenoxy) is 2. The zero-order valence-electron chi connectivity index (χ0n) is 13.3. The second-order valence-corrected chi connectivity index (χ2v) is 5.66. The van der Waals surface area contributed by atoms with E-state index in [-0.39, 0.29) is 12.2 Å². The highest BCUT2D eigenvalue weighted by atomic mass is 16.6. The SMILES string of the molecule is CCCOc1ccc(CN2CC(c3ccccc3)OC2=O)cc1. The van der Waals surface area contributed by atoms with E-state index in [4.69, 9.17) is 9.47 Å². The molecule has 4 heteroatoms. The number of carbonyl (C=O) groups excluding carboxylic acids is 1. The lowest BCUT2D eigenvalue weighted by Crippen LogP contribution is -2.23. The molecule has 2 aromatic carbocycles. The lowest BCUT2D eigenvalue weighted by Gasteiger charge is -2.13. The second-order valence-electron chi connectivity index (χ2n) is 5.66. The number of amides is 1. The van der Waals surface area contributed by atoms with Crippen LogP contribution in [0, 0.1) is 0 Å². The molecule has 120 valence electrons. The summed E-state index contributed by atoms with van der Waals surface area (Å²) in [5, 5.41) is 0. The Hall–Kier alpha value is -2.49. The van der Waals surface area contributed by atoms with Gasteiger partial charge in [0.05, 0.1) is 13.2 Å². The molecule has 0 aromatic heterocycles. The molecule has 0 spiro atoms. The normalized spacial score (nSPS) is 17.2. The molecule has 2 aromatic rings. The summed E-state index contributed by atoms with van der Waals surface area (Å²) in [6.07, 6.45) is 0.545. The quantitative estimate of drug-likeness (QED) is 0.803. The predicted molar refractivity (Wildman–Crippen MR) is 88.3 cm³/mol. The van der Waals surface area contributed by atoms with Crippen molar-refractivity contribution in [3.63, 3.8) is 0 Å². The van der Waals surface area contributed by atoms with Gasteiger partial charge in [0.25, 0.3) is 0 Å². The minimum absolute atomic E-state index is 0.184. The van der Waals surface area contributed by atoms with Gasteiger partial charge in [0.2, 0.25) is 0 Å². The summed E-state index contributed by atoms with van der Waals surface area (Å²) in [7, 11) is 0. The maximum atomic E-state index is 12.0. The highest BCUT2D eigenvalue weighted by Gasteiger charge is 2.32. The van der Waals surface area contributed by atoms with E-state index in [0.717, 1.165) is 29.9 Å². The number of rotatable bonds is 6. The Morgan fingerprint density at radius 3 is 2.57 bits per heavy atom. The summed E-state index contributed by atoms with van der Waals surface area (Å²) in [6, 6.07) is 17.7. The van der Waals surface area contributed by atoms with E-state index in [1.54, 1.807) is 4.90 Å². The summed E-state index contributed by atoms with van der Waals surface area (Å²) in [6.45, 7) is 3.93. The molecule has 0 saturated carbocycles. The summed E-state index contributed by atoms with van der Waals surface area (Å²) in [5.74, 6) is 0.863. The van der Waals surface area contributed by atoms with Gasteiger partial charge in [0, 0.05) is 6.54 Å². The van der Waals surface area contributed by atoms with Crippen LogP contribution in [0.25, 0.3) is 0 Å². The van der Waals surface area contributed by atoms with Crippen LogP contribution in [-0.4, -0.2) is 24.1 Å². The highest BCUT2D eigenvalue weighted by molar-refractivity contribution is 5.70. The average molecular weight is 311 g/mol. The van der Waals surface area contributed by atoms with Gasteiger partial charge in [-0.1, -0.05) is 49.4 Å². The Kier molecular flexibility index (Phi) is 4.81. The zero-order valence-corrected chi connectivity index (χ0v) is 13.3. The Labute approximate surface area is 136 Å². The van der Waals surface area contributed by atoms with Crippen molar-refractivity contribution < 1.29 is 14.3 Å². The van der Waals surface area contributed by atoms with Crippen molar-refractivity contribution in [2.24, 2.45) is 0 Å². The van der Waals surface area contributed by atoms with Crippen LogP contribution in [0.5, 0.6) is 5.75 Å². The molecule has 1 unspecified atom stereocenters. The highest BCUT2D eigenvalue weighted by Crippen LogP contribution is 2.27. The molecule has 3 rings (SSSR count). The van der Waals surface area contributed by atoms with Crippen LogP contribution >= 0.6 is 0 Å². The van der Waals surface area contributed by atoms with Gasteiger partial charge >= 0.3 is 6.09 Å². The number of hydrogen-bond donors (Lipinski definition) is 0. The van der Waals surface area contributed by atoms with Crippen LogP contribution < -0.4 is 4.74 Å². The van der Waals surface area contributed by atoms with Crippen molar-refractivity contribution in [2.45, 2.75) is 26.0 Å². The molecule has 23 heavy (non-hydrogen) atoms. The van der Waals surface area contributed by atoms with Gasteiger partial charge in [-0.25, -0.2) is 4.79 Å². The van der Waals surface area contributed by atoms with Crippen LogP contribution in [0.4, 0.5) is 4.79 Å². The van der Waals surface area contributed by atoms with Crippen molar-refractivity contribution in [3.05, 3.63) is 65.7 Å². The molecular weight excluding hydrogens is 290 g/mol. The van der Waals surface area contributed by atoms with E-state index in [9.17, 15) is 4.79 Å². The molecule has 1 aliphatic rings. The van der Waals surface area contributed by atoms with Gasteiger partial charge < -0.3 is 9.47 Å². The topological polar surface area (TPSA) is 38.8 Å². The second kappa shape index (κ2) is 7.18. The fourth-order valence-electron chi connectivity index (χ4n) is 2.61. The molecular formula is C19H21NO3. The van der Waals surface area contributed by atoms with Gasteiger partial charge in [0.1, 0.15) is 11.9 Å². The van der Waals surface area contributed by atoms with Crippen molar-refractivity contribution in [2.75, 3.05) is 13.2 Å².